The maximum Gasteiger partial charge on any atom is 0.239 e. The highest BCUT2D eigenvalue weighted by Gasteiger charge is 2.28. The molecule has 0 aliphatic carbocycles. The summed E-state index contributed by atoms with van der Waals surface area (Å²) < 4.78 is 0. The lowest BCUT2D eigenvalue weighted by atomic mass is 9.98. The van der Waals surface area contributed by atoms with Gasteiger partial charge in [0.05, 0.1) is 6.54 Å². The van der Waals surface area contributed by atoms with E-state index in [0.29, 0.717) is 13.0 Å². The number of hydrogen-bond acceptors (Lipinski definition) is 3. The number of nitrogens with zero attached hydrogens (tertiary/aromatic N) is 2. The highest BCUT2D eigenvalue weighted by Crippen LogP contribution is 2.19. The molecule has 0 spiro atoms. The molecular weight excluding hydrogens is 266 g/mol. The molecule has 2 aliphatic rings. The molecule has 0 radical (unpaired) electrons. The van der Waals surface area contributed by atoms with Gasteiger partial charge in [0.25, 0.3) is 0 Å². The third-order valence-electron chi connectivity index (χ3n) is 4.69. The minimum absolute atomic E-state index is 0.0119. The molecule has 0 atom stereocenters. The molecule has 2 fully saturated rings. The van der Waals surface area contributed by atoms with Crippen molar-refractivity contribution in [3.63, 3.8) is 0 Å². The Hall–Kier alpha value is -1.10. The molecule has 2 rings (SSSR count). The van der Waals surface area contributed by atoms with E-state index in [1.807, 2.05) is 0 Å². The van der Waals surface area contributed by atoms with Crippen LogP contribution in [-0.4, -0.2) is 59.9 Å². The summed E-state index contributed by atoms with van der Waals surface area (Å²) in [6.45, 7) is 8.20. The minimum atomic E-state index is -0.0321. The average Bonchev–Trinajstić information content (AvgIpc) is 2.49. The van der Waals surface area contributed by atoms with E-state index >= 15 is 0 Å². The van der Waals surface area contributed by atoms with Crippen molar-refractivity contribution in [3.8, 4) is 0 Å². The first-order valence-corrected chi connectivity index (χ1v) is 8.28. The number of amides is 2. The molecule has 0 saturated carbocycles. The van der Waals surface area contributed by atoms with Gasteiger partial charge >= 0.3 is 0 Å². The smallest absolute Gasteiger partial charge is 0.239 e. The molecule has 120 valence electrons. The largest absolute Gasteiger partial charge is 0.353 e. The first kappa shape index (κ1) is 16.3. The summed E-state index contributed by atoms with van der Waals surface area (Å²) in [6, 6.07) is 0. The van der Waals surface area contributed by atoms with Crippen LogP contribution in [0.5, 0.6) is 0 Å². The number of hydrogen-bond donors (Lipinski definition) is 1. The van der Waals surface area contributed by atoms with E-state index < -0.39 is 0 Å². The lowest BCUT2D eigenvalue weighted by Crippen LogP contribution is -2.54. The van der Waals surface area contributed by atoms with Gasteiger partial charge in [0, 0.05) is 25.0 Å². The molecule has 2 saturated heterocycles. The second-order valence-corrected chi connectivity index (χ2v) is 6.91. The van der Waals surface area contributed by atoms with Crippen LogP contribution in [0.2, 0.25) is 0 Å². The first-order chi connectivity index (χ1) is 9.99. The van der Waals surface area contributed by atoms with E-state index in [0.717, 1.165) is 32.5 Å². The van der Waals surface area contributed by atoms with Crippen LogP contribution in [0.4, 0.5) is 0 Å². The number of rotatable bonds is 5. The van der Waals surface area contributed by atoms with Crippen molar-refractivity contribution in [2.45, 2.75) is 57.9 Å². The highest BCUT2D eigenvalue weighted by molar-refractivity contribution is 5.85. The van der Waals surface area contributed by atoms with Crippen molar-refractivity contribution in [1.29, 1.82) is 0 Å². The van der Waals surface area contributed by atoms with Crippen LogP contribution in [0.3, 0.4) is 0 Å². The third-order valence-corrected chi connectivity index (χ3v) is 4.69. The fourth-order valence-corrected chi connectivity index (χ4v) is 3.18. The van der Waals surface area contributed by atoms with Crippen molar-refractivity contribution in [1.82, 2.24) is 15.1 Å². The van der Waals surface area contributed by atoms with Gasteiger partial charge in [-0.25, -0.2) is 0 Å². The molecule has 0 aromatic carbocycles. The Morgan fingerprint density at radius 2 is 1.76 bits per heavy atom. The summed E-state index contributed by atoms with van der Waals surface area (Å²) in [7, 11) is 0. The molecule has 2 amide bonds. The summed E-state index contributed by atoms with van der Waals surface area (Å²) in [5.74, 6) is 0.0852. The van der Waals surface area contributed by atoms with E-state index in [2.05, 4.69) is 24.1 Å². The van der Waals surface area contributed by atoms with Gasteiger partial charge in [0.15, 0.2) is 0 Å². The predicted molar refractivity (Wildman–Crippen MR) is 82.9 cm³/mol. The van der Waals surface area contributed by atoms with Crippen LogP contribution < -0.4 is 5.32 Å². The Balaban J connectivity index is 1.75. The molecule has 5 heteroatoms. The Bertz CT molecular complexity index is 376. The lowest BCUT2D eigenvalue weighted by molar-refractivity contribution is -0.138. The molecule has 0 unspecified atom stereocenters. The van der Waals surface area contributed by atoms with Gasteiger partial charge in [0.2, 0.25) is 11.8 Å². The van der Waals surface area contributed by atoms with Crippen LogP contribution in [0.15, 0.2) is 0 Å². The van der Waals surface area contributed by atoms with Crippen molar-refractivity contribution < 1.29 is 9.59 Å². The molecule has 0 aromatic heterocycles. The van der Waals surface area contributed by atoms with Crippen LogP contribution in [0.25, 0.3) is 0 Å². The molecular formula is C16H29N3O2. The van der Waals surface area contributed by atoms with Gasteiger partial charge < -0.3 is 10.2 Å². The maximum atomic E-state index is 12.1. The van der Waals surface area contributed by atoms with E-state index in [1.54, 1.807) is 4.90 Å². The molecule has 2 aliphatic heterocycles. The zero-order valence-corrected chi connectivity index (χ0v) is 13.5. The fourth-order valence-electron chi connectivity index (χ4n) is 3.18. The molecule has 0 aromatic rings. The summed E-state index contributed by atoms with van der Waals surface area (Å²) in [5, 5.41) is 3.01. The van der Waals surface area contributed by atoms with Gasteiger partial charge in [-0.15, -0.1) is 0 Å². The SMILES string of the molecule is CC(C)(CNC(=O)CN1CCCCC1=O)N1CCCCC1. The van der Waals surface area contributed by atoms with Gasteiger partial charge in [-0.3, -0.25) is 14.5 Å². The van der Waals surface area contributed by atoms with Gasteiger partial charge in [-0.2, -0.15) is 0 Å². The Morgan fingerprint density at radius 1 is 1.10 bits per heavy atom. The van der Waals surface area contributed by atoms with Crippen molar-refractivity contribution in [2.24, 2.45) is 0 Å². The van der Waals surface area contributed by atoms with E-state index in [4.69, 9.17) is 0 Å². The number of piperidine rings is 2. The maximum absolute atomic E-state index is 12.1. The van der Waals surface area contributed by atoms with Gasteiger partial charge in [-0.1, -0.05) is 6.42 Å². The monoisotopic (exact) mass is 295 g/mol. The Morgan fingerprint density at radius 3 is 2.43 bits per heavy atom. The Kier molecular flexibility index (Phi) is 5.62. The van der Waals surface area contributed by atoms with Crippen LogP contribution in [-0.2, 0) is 9.59 Å². The van der Waals surface area contributed by atoms with Gasteiger partial charge in [-0.05, 0) is 52.6 Å². The molecule has 1 N–H and O–H groups in total. The zero-order valence-electron chi connectivity index (χ0n) is 13.5. The van der Waals surface area contributed by atoms with Crippen molar-refractivity contribution >= 4 is 11.8 Å². The number of carbonyl (C=O) groups is 2. The minimum Gasteiger partial charge on any atom is -0.353 e. The third kappa shape index (κ3) is 4.70. The predicted octanol–water partition coefficient (Wildman–Crippen LogP) is 1.38. The first-order valence-electron chi connectivity index (χ1n) is 8.28. The van der Waals surface area contributed by atoms with Gasteiger partial charge in [0.1, 0.15) is 0 Å². The standard InChI is InChI=1S/C16H29N3O2/c1-16(2,19-10-5-3-6-11-19)13-17-14(20)12-18-9-7-4-8-15(18)21/h3-13H2,1-2H3,(H,17,20). The quantitative estimate of drug-likeness (QED) is 0.833. The van der Waals surface area contributed by atoms with Crippen molar-refractivity contribution in [2.75, 3.05) is 32.7 Å². The Labute approximate surface area is 128 Å². The molecule has 0 bridgehead atoms. The number of carbonyl (C=O) groups excluding carboxylic acids is 2. The topological polar surface area (TPSA) is 52.7 Å². The highest BCUT2D eigenvalue weighted by atomic mass is 16.2. The van der Waals surface area contributed by atoms with Crippen LogP contribution in [0.1, 0.15) is 52.4 Å². The zero-order chi connectivity index (χ0) is 15.3. The van der Waals surface area contributed by atoms with Crippen LogP contribution >= 0.6 is 0 Å². The number of likely N-dealkylation sites (tertiary alicyclic amines) is 2. The summed E-state index contributed by atoms with van der Waals surface area (Å²) in [6.07, 6.45) is 6.37. The fraction of sp³-hybridized carbons (Fsp3) is 0.875. The average molecular weight is 295 g/mol. The molecule has 21 heavy (non-hydrogen) atoms. The summed E-state index contributed by atoms with van der Waals surface area (Å²) in [4.78, 5) is 27.9. The van der Waals surface area contributed by atoms with E-state index in [9.17, 15) is 9.59 Å². The second kappa shape index (κ2) is 7.25. The van der Waals surface area contributed by atoms with E-state index in [-0.39, 0.29) is 23.9 Å². The van der Waals surface area contributed by atoms with E-state index in [1.165, 1.54) is 19.3 Å². The molecule has 2 heterocycles. The van der Waals surface area contributed by atoms with Crippen molar-refractivity contribution in [3.05, 3.63) is 0 Å². The lowest BCUT2D eigenvalue weighted by Gasteiger charge is -2.41. The summed E-state index contributed by atoms with van der Waals surface area (Å²) in [5.41, 5.74) is -0.0119. The normalized spacial score (nSPS) is 21.4. The molecule has 5 nitrogen and oxygen atoms in total. The second-order valence-electron chi connectivity index (χ2n) is 6.91. The number of nitrogens with one attached hydrogen (secondary N) is 1. The van der Waals surface area contributed by atoms with Crippen LogP contribution in [0, 0.1) is 0 Å². The summed E-state index contributed by atoms with van der Waals surface area (Å²) >= 11 is 0.